The van der Waals surface area contributed by atoms with Crippen LogP contribution in [0.5, 0.6) is 0 Å². The summed E-state index contributed by atoms with van der Waals surface area (Å²) in [7, 11) is 2.04. The predicted octanol–water partition coefficient (Wildman–Crippen LogP) is 3.86. The standard InChI is InChI=1S/C19H19N2/c1-14-8-10-16(11-9-14)18-12-19(21(3)13-20-18)17-7-5-4-6-15(17)2/h4-13H,1-3H3/q+1. The van der Waals surface area contributed by atoms with Crippen LogP contribution in [0.2, 0.25) is 0 Å². The van der Waals surface area contributed by atoms with Gasteiger partial charge in [0, 0.05) is 17.2 Å². The molecule has 2 heteroatoms. The molecule has 0 radical (unpaired) electrons. The Hall–Kier alpha value is -2.48. The molecule has 0 saturated carbocycles. The molecule has 3 aromatic rings. The molecule has 0 aliphatic carbocycles. The Morgan fingerprint density at radius 2 is 1.62 bits per heavy atom. The molecule has 0 aliphatic heterocycles. The van der Waals surface area contributed by atoms with Crippen LogP contribution in [0, 0.1) is 13.8 Å². The van der Waals surface area contributed by atoms with E-state index in [0.29, 0.717) is 0 Å². The Morgan fingerprint density at radius 1 is 0.905 bits per heavy atom. The van der Waals surface area contributed by atoms with Crippen molar-refractivity contribution in [2.24, 2.45) is 7.05 Å². The van der Waals surface area contributed by atoms with Gasteiger partial charge in [0.25, 0.3) is 6.33 Å². The van der Waals surface area contributed by atoms with Crippen LogP contribution in [0.25, 0.3) is 22.5 Å². The molecule has 0 fully saturated rings. The second-order valence-electron chi connectivity index (χ2n) is 5.45. The largest absolute Gasteiger partial charge is 0.287 e. The lowest BCUT2D eigenvalue weighted by molar-refractivity contribution is -0.663. The number of aromatic nitrogens is 2. The van der Waals surface area contributed by atoms with E-state index in [2.05, 4.69) is 78.0 Å². The van der Waals surface area contributed by atoms with Crippen molar-refractivity contribution in [3.63, 3.8) is 0 Å². The maximum Gasteiger partial charge on any atom is 0.287 e. The van der Waals surface area contributed by atoms with Gasteiger partial charge in [-0.15, -0.1) is 0 Å². The van der Waals surface area contributed by atoms with Crippen molar-refractivity contribution < 1.29 is 4.57 Å². The van der Waals surface area contributed by atoms with E-state index >= 15 is 0 Å². The molecule has 1 heterocycles. The van der Waals surface area contributed by atoms with Gasteiger partial charge in [-0.05, 0) is 24.4 Å². The molecule has 0 N–H and O–H groups in total. The summed E-state index contributed by atoms with van der Waals surface area (Å²) in [4.78, 5) is 4.56. The molecule has 0 spiro atoms. The van der Waals surface area contributed by atoms with E-state index in [1.165, 1.54) is 22.4 Å². The van der Waals surface area contributed by atoms with E-state index in [-0.39, 0.29) is 0 Å². The molecular weight excluding hydrogens is 256 g/mol. The highest BCUT2D eigenvalue weighted by Gasteiger charge is 2.14. The lowest BCUT2D eigenvalue weighted by Gasteiger charge is -2.07. The first-order valence-electron chi connectivity index (χ1n) is 7.14. The first-order valence-corrected chi connectivity index (χ1v) is 7.14. The first kappa shape index (κ1) is 13.5. The monoisotopic (exact) mass is 275 g/mol. The average molecular weight is 275 g/mol. The molecule has 0 unspecified atom stereocenters. The minimum atomic E-state index is 1.01. The minimum Gasteiger partial charge on any atom is -0.232 e. The van der Waals surface area contributed by atoms with Crippen molar-refractivity contribution >= 4 is 0 Å². The van der Waals surface area contributed by atoms with Crippen molar-refractivity contribution in [1.29, 1.82) is 0 Å². The van der Waals surface area contributed by atoms with Crippen molar-refractivity contribution in [2.45, 2.75) is 13.8 Å². The Bertz CT molecular complexity index is 774. The predicted molar refractivity (Wildman–Crippen MR) is 85.8 cm³/mol. The van der Waals surface area contributed by atoms with Gasteiger partial charge in [-0.25, -0.2) is 4.57 Å². The zero-order valence-electron chi connectivity index (χ0n) is 12.7. The smallest absolute Gasteiger partial charge is 0.232 e. The summed E-state index contributed by atoms with van der Waals surface area (Å²) in [5, 5.41) is 0. The van der Waals surface area contributed by atoms with E-state index in [1.807, 2.05) is 13.4 Å². The maximum atomic E-state index is 4.56. The van der Waals surface area contributed by atoms with Crippen molar-refractivity contribution in [2.75, 3.05) is 0 Å². The summed E-state index contributed by atoms with van der Waals surface area (Å²) < 4.78 is 2.07. The summed E-state index contributed by atoms with van der Waals surface area (Å²) >= 11 is 0. The first-order chi connectivity index (χ1) is 10.1. The Kier molecular flexibility index (Phi) is 3.53. The lowest BCUT2D eigenvalue weighted by Crippen LogP contribution is -2.31. The number of hydrogen-bond acceptors (Lipinski definition) is 1. The van der Waals surface area contributed by atoms with Gasteiger partial charge < -0.3 is 0 Å². The second kappa shape index (κ2) is 5.49. The Labute approximate surface area is 125 Å². The maximum absolute atomic E-state index is 4.56. The third kappa shape index (κ3) is 2.70. The van der Waals surface area contributed by atoms with E-state index in [0.717, 1.165) is 11.3 Å². The highest BCUT2D eigenvalue weighted by Crippen LogP contribution is 2.24. The van der Waals surface area contributed by atoms with Gasteiger partial charge >= 0.3 is 0 Å². The van der Waals surface area contributed by atoms with Crippen LogP contribution in [0.3, 0.4) is 0 Å². The van der Waals surface area contributed by atoms with Gasteiger partial charge in [0.1, 0.15) is 5.69 Å². The molecule has 0 aliphatic rings. The molecular formula is C19H19N2+. The summed E-state index contributed by atoms with van der Waals surface area (Å²) in [6, 6.07) is 19.1. The van der Waals surface area contributed by atoms with Crippen LogP contribution in [-0.4, -0.2) is 4.98 Å². The number of benzene rings is 2. The molecule has 2 aromatic carbocycles. The number of nitrogens with zero attached hydrogens (tertiary/aromatic N) is 2. The van der Waals surface area contributed by atoms with Crippen molar-refractivity contribution in [3.05, 3.63) is 72.1 Å². The number of rotatable bonds is 2. The highest BCUT2D eigenvalue weighted by molar-refractivity contribution is 5.67. The molecule has 0 amide bonds. The Morgan fingerprint density at radius 3 is 2.33 bits per heavy atom. The van der Waals surface area contributed by atoms with Crippen molar-refractivity contribution in [1.82, 2.24) is 4.98 Å². The van der Waals surface area contributed by atoms with Gasteiger partial charge in [-0.1, -0.05) is 54.1 Å². The minimum absolute atomic E-state index is 1.01. The quantitative estimate of drug-likeness (QED) is 0.649. The van der Waals surface area contributed by atoms with Gasteiger partial charge in [0.2, 0.25) is 0 Å². The second-order valence-corrected chi connectivity index (χ2v) is 5.45. The summed E-state index contributed by atoms with van der Waals surface area (Å²) in [6.45, 7) is 4.24. The molecule has 21 heavy (non-hydrogen) atoms. The fraction of sp³-hybridized carbons (Fsp3) is 0.158. The van der Waals surface area contributed by atoms with Crippen LogP contribution in [0.1, 0.15) is 11.1 Å². The molecule has 0 saturated heterocycles. The summed E-state index contributed by atoms with van der Waals surface area (Å²) in [5.41, 5.74) is 7.12. The molecule has 1 aromatic heterocycles. The van der Waals surface area contributed by atoms with Crippen molar-refractivity contribution in [3.8, 4) is 22.5 Å². The molecule has 104 valence electrons. The SMILES string of the molecule is Cc1ccc(-c2cc(-c3ccccc3C)[n+](C)cn2)cc1. The molecule has 0 atom stereocenters. The normalized spacial score (nSPS) is 10.6. The van der Waals surface area contributed by atoms with Crippen LogP contribution in [0.4, 0.5) is 0 Å². The molecule has 3 rings (SSSR count). The van der Waals surface area contributed by atoms with E-state index < -0.39 is 0 Å². The molecule has 0 bridgehead atoms. The zero-order chi connectivity index (χ0) is 14.8. The number of aryl methyl sites for hydroxylation is 3. The van der Waals surface area contributed by atoms with Gasteiger partial charge in [0.05, 0.1) is 7.05 Å². The zero-order valence-corrected chi connectivity index (χ0v) is 12.7. The third-order valence-electron chi connectivity index (χ3n) is 3.79. The topological polar surface area (TPSA) is 16.8 Å². The Balaban J connectivity index is 2.13. The fourth-order valence-corrected chi connectivity index (χ4v) is 2.49. The van der Waals surface area contributed by atoms with E-state index in [1.54, 1.807) is 0 Å². The number of hydrogen-bond donors (Lipinski definition) is 0. The van der Waals surface area contributed by atoms with E-state index in [4.69, 9.17) is 0 Å². The summed E-state index contributed by atoms with van der Waals surface area (Å²) in [5.74, 6) is 0. The van der Waals surface area contributed by atoms with Crippen LogP contribution in [0.15, 0.2) is 60.9 Å². The third-order valence-corrected chi connectivity index (χ3v) is 3.79. The van der Waals surface area contributed by atoms with Gasteiger partial charge in [0.15, 0.2) is 5.69 Å². The van der Waals surface area contributed by atoms with Gasteiger partial charge in [-0.3, -0.25) is 0 Å². The fourth-order valence-electron chi connectivity index (χ4n) is 2.49. The van der Waals surface area contributed by atoms with Crippen LogP contribution in [-0.2, 0) is 7.05 Å². The van der Waals surface area contributed by atoms with E-state index in [9.17, 15) is 0 Å². The molecule has 2 nitrogen and oxygen atoms in total. The van der Waals surface area contributed by atoms with Crippen LogP contribution < -0.4 is 4.57 Å². The highest BCUT2D eigenvalue weighted by atomic mass is 15.0. The van der Waals surface area contributed by atoms with Gasteiger partial charge in [-0.2, -0.15) is 0 Å². The average Bonchev–Trinajstić information content (AvgIpc) is 2.50. The summed E-state index contributed by atoms with van der Waals surface area (Å²) in [6.07, 6.45) is 1.89. The van der Waals surface area contributed by atoms with Crippen LogP contribution >= 0.6 is 0 Å². The lowest BCUT2D eigenvalue weighted by atomic mass is 10.0.